The summed E-state index contributed by atoms with van der Waals surface area (Å²) >= 11 is 0. The maximum Gasteiger partial charge on any atom is 0.314 e. The lowest BCUT2D eigenvalue weighted by Crippen LogP contribution is -2.61. The molecular formula is C15H20O8. The third-order valence-corrected chi connectivity index (χ3v) is 5.78. The number of fused-ring (bicyclic) bond motifs is 1. The number of esters is 4. The summed E-state index contributed by atoms with van der Waals surface area (Å²) in [4.78, 5) is 49.4. The fourth-order valence-corrected chi connectivity index (χ4v) is 4.79. The molecule has 0 spiro atoms. The summed E-state index contributed by atoms with van der Waals surface area (Å²) in [7, 11) is 4.67. The number of methoxy groups -OCH3 is 4. The van der Waals surface area contributed by atoms with E-state index >= 15 is 0 Å². The van der Waals surface area contributed by atoms with Crippen LogP contribution in [0.3, 0.4) is 0 Å². The molecule has 0 bridgehead atoms. The van der Waals surface area contributed by atoms with Crippen molar-refractivity contribution in [2.24, 2.45) is 28.1 Å². The Morgan fingerprint density at radius 1 is 0.696 bits per heavy atom. The van der Waals surface area contributed by atoms with Crippen LogP contribution in [0.15, 0.2) is 0 Å². The molecule has 2 fully saturated rings. The highest BCUT2D eigenvalue weighted by atomic mass is 16.5. The first kappa shape index (κ1) is 17.2. The van der Waals surface area contributed by atoms with E-state index in [4.69, 9.17) is 18.9 Å². The number of carbonyl (C=O) groups excluding carboxylic acids is 4. The van der Waals surface area contributed by atoms with Gasteiger partial charge in [0.1, 0.15) is 5.41 Å². The van der Waals surface area contributed by atoms with Crippen molar-refractivity contribution < 1.29 is 38.1 Å². The van der Waals surface area contributed by atoms with Crippen LogP contribution in [0.2, 0.25) is 0 Å². The molecule has 0 aromatic rings. The number of rotatable bonds is 4. The van der Waals surface area contributed by atoms with E-state index in [-0.39, 0.29) is 0 Å². The van der Waals surface area contributed by atoms with Gasteiger partial charge >= 0.3 is 23.9 Å². The first-order valence-corrected chi connectivity index (χ1v) is 7.00. The van der Waals surface area contributed by atoms with Crippen molar-refractivity contribution in [3.05, 3.63) is 0 Å². The van der Waals surface area contributed by atoms with E-state index in [1.165, 1.54) is 28.1 Å². The third-order valence-electron chi connectivity index (χ3n) is 5.78. The Morgan fingerprint density at radius 3 is 1.52 bits per heavy atom. The number of ether oxygens (including phenoxy) is 4. The van der Waals surface area contributed by atoms with Crippen LogP contribution < -0.4 is 0 Å². The Bertz CT molecular complexity index is 598. The van der Waals surface area contributed by atoms with Gasteiger partial charge < -0.3 is 18.9 Å². The van der Waals surface area contributed by atoms with Crippen LogP contribution in [0.25, 0.3) is 0 Å². The fraction of sp³-hybridized carbons (Fsp3) is 0.733. The molecule has 23 heavy (non-hydrogen) atoms. The smallest absolute Gasteiger partial charge is 0.314 e. The van der Waals surface area contributed by atoms with E-state index in [0.29, 0.717) is 0 Å². The van der Waals surface area contributed by atoms with E-state index in [2.05, 4.69) is 0 Å². The predicted octanol–water partition coefficient (Wildman–Crippen LogP) is -0.0630. The second kappa shape index (κ2) is 4.94. The van der Waals surface area contributed by atoms with Crippen LogP contribution in [-0.2, 0) is 38.1 Å². The maximum absolute atomic E-state index is 12.5. The molecule has 5 unspecified atom stereocenters. The zero-order chi connectivity index (χ0) is 17.8. The molecule has 0 aliphatic heterocycles. The molecule has 0 heterocycles. The molecule has 8 heteroatoms. The van der Waals surface area contributed by atoms with Gasteiger partial charge in [0.2, 0.25) is 0 Å². The van der Waals surface area contributed by atoms with E-state index in [1.807, 2.05) is 0 Å². The van der Waals surface area contributed by atoms with E-state index in [9.17, 15) is 19.2 Å². The zero-order valence-corrected chi connectivity index (χ0v) is 13.9. The van der Waals surface area contributed by atoms with Gasteiger partial charge in [0, 0.05) is 5.92 Å². The van der Waals surface area contributed by atoms with Crippen LogP contribution in [-0.4, -0.2) is 52.3 Å². The Kier molecular flexibility index (Phi) is 3.70. The molecule has 5 atom stereocenters. The summed E-state index contributed by atoms with van der Waals surface area (Å²) in [5.41, 5.74) is -4.44. The molecule has 0 aromatic heterocycles. The molecular weight excluding hydrogens is 308 g/mol. The highest BCUT2D eigenvalue weighted by Crippen LogP contribution is 2.90. The van der Waals surface area contributed by atoms with Crippen molar-refractivity contribution in [3.63, 3.8) is 0 Å². The maximum atomic E-state index is 12.5. The van der Waals surface area contributed by atoms with Crippen molar-refractivity contribution in [2.45, 2.75) is 13.8 Å². The fourth-order valence-electron chi connectivity index (χ4n) is 4.79. The van der Waals surface area contributed by atoms with E-state index in [1.54, 1.807) is 0 Å². The minimum Gasteiger partial charge on any atom is -0.469 e. The summed E-state index contributed by atoms with van der Waals surface area (Å²) in [6.45, 7) is 2.91. The lowest BCUT2D eigenvalue weighted by Gasteiger charge is -2.47. The minimum absolute atomic E-state index is 0.685. The lowest BCUT2D eigenvalue weighted by molar-refractivity contribution is -0.197. The van der Waals surface area contributed by atoms with Gasteiger partial charge in [0.25, 0.3) is 0 Å². The molecule has 0 N–H and O–H groups in total. The first-order chi connectivity index (χ1) is 10.7. The average Bonchev–Trinajstić information content (AvgIpc) is 3.08. The van der Waals surface area contributed by atoms with Gasteiger partial charge in [-0.15, -0.1) is 0 Å². The van der Waals surface area contributed by atoms with Crippen molar-refractivity contribution in [1.82, 2.24) is 0 Å². The van der Waals surface area contributed by atoms with Gasteiger partial charge in [-0.2, -0.15) is 0 Å². The summed E-state index contributed by atoms with van der Waals surface area (Å²) < 4.78 is 19.2. The van der Waals surface area contributed by atoms with Crippen molar-refractivity contribution in [1.29, 1.82) is 0 Å². The van der Waals surface area contributed by atoms with Crippen LogP contribution in [0.5, 0.6) is 0 Å². The van der Waals surface area contributed by atoms with Crippen molar-refractivity contribution in [2.75, 3.05) is 28.4 Å². The van der Waals surface area contributed by atoms with Crippen LogP contribution >= 0.6 is 0 Å². The van der Waals surface area contributed by atoms with E-state index in [0.717, 1.165) is 14.2 Å². The Morgan fingerprint density at radius 2 is 1.13 bits per heavy atom. The summed E-state index contributed by atoms with van der Waals surface area (Å²) in [6, 6.07) is 0. The third kappa shape index (κ3) is 1.46. The Balaban J connectivity index is 2.67. The Hall–Kier alpha value is -2.12. The summed E-state index contributed by atoms with van der Waals surface area (Å²) in [6.07, 6.45) is 0. The molecule has 2 aliphatic rings. The normalized spacial score (nSPS) is 40.1. The molecule has 128 valence electrons. The monoisotopic (exact) mass is 328 g/mol. The van der Waals surface area contributed by atoms with Crippen LogP contribution in [0.4, 0.5) is 0 Å². The number of hydrogen-bond donors (Lipinski definition) is 0. The topological polar surface area (TPSA) is 105 Å². The molecule has 0 amide bonds. The largest absolute Gasteiger partial charge is 0.469 e. The standard InChI is InChI=1S/C15H20O8/c1-13(10(17)21-4)7(9(16)20-3)8-14(2,11(18)22-5)15(8,13)12(19)23-6/h7-8H,1-6H3. The quantitative estimate of drug-likeness (QED) is 0.522. The van der Waals surface area contributed by atoms with Crippen molar-refractivity contribution in [3.8, 4) is 0 Å². The highest BCUT2D eigenvalue weighted by molar-refractivity contribution is 6.07. The molecule has 2 saturated carbocycles. The molecule has 8 nitrogen and oxygen atoms in total. The second-order valence-corrected chi connectivity index (χ2v) is 6.17. The molecule has 2 rings (SSSR count). The average molecular weight is 328 g/mol. The summed E-state index contributed by atoms with van der Waals surface area (Å²) in [5, 5.41) is 0. The molecule has 2 aliphatic carbocycles. The van der Waals surface area contributed by atoms with Gasteiger partial charge in [-0.3, -0.25) is 19.2 Å². The van der Waals surface area contributed by atoms with Gasteiger partial charge in [-0.25, -0.2) is 0 Å². The molecule has 0 radical (unpaired) electrons. The van der Waals surface area contributed by atoms with Gasteiger partial charge in [-0.05, 0) is 13.8 Å². The van der Waals surface area contributed by atoms with Gasteiger partial charge in [-0.1, -0.05) is 0 Å². The van der Waals surface area contributed by atoms with Crippen molar-refractivity contribution >= 4 is 23.9 Å². The molecule has 0 aromatic carbocycles. The SMILES string of the molecule is COC(=O)C1C2C(C)(C(=O)OC)C2(C(=O)OC)C1(C)C(=O)OC. The second-order valence-electron chi connectivity index (χ2n) is 6.17. The first-order valence-electron chi connectivity index (χ1n) is 7.00. The minimum atomic E-state index is -1.57. The highest BCUT2D eigenvalue weighted by Gasteiger charge is 3.02. The number of carbonyl (C=O) groups is 4. The number of hydrogen-bond acceptors (Lipinski definition) is 8. The van der Waals surface area contributed by atoms with Crippen LogP contribution in [0.1, 0.15) is 13.8 Å². The summed E-state index contributed by atoms with van der Waals surface area (Å²) in [5.74, 6) is -4.63. The molecule has 0 saturated heterocycles. The van der Waals surface area contributed by atoms with Gasteiger partial charge in [0.15, 0.2) is 0 Å². The zero-order valence-electron chi connectivity index (χ0n) is 13.9. The van der Waals surface area contributed by atoms with Crippen LogP contribution in [0, 0.1) is 28.1 Å². The van der Waals surface area contributed by atoms with Gasteiger partial charge in [0.05, 0.1) is 45.2 Å². The van der Waals surface area contributed by atoms with E-state index < -0.39 is 52.0 Å². The lowest BCUT2D eigenvalue weighted by atomic mass is 9.52. The predicted molar refractivity (Wildman–Crippen MR) is 73.7 cm³/mol. The Labute approximate surface area is 133 Å².